The zero-order chi connectivity index (χ0) is 11.8. The lowest BCUT2D eigenvalue weighted by atomic mass is 10.1. The number of nitrogens with zero attached hydrogens (tertiary/aromatic N) is 1. The van der Waals surface area contributed by atoms with Gasteiger partial charge < -0.3 is 15.0 Å². The highest BCUT2D eigenvalue weighted by Crippen LogP contribution is 2.12. The van der Waals surface area contributed by atoms with E-state index in [4.69, 9.17) is 4.74 Å². The average molecular weight is 228 g/mol. The van der Waals surface area contributed by atoms with Crippen LogP contribution in [-0.4, -0.2) is 50.3 Å². The van der Waals surface area contributed by atoms with Gasteiger partial charge in [-0.3, -0.25) is 0 Å². The Morgan fingerprint density at radius 3 is 2.75 bits per heavy atom. The third-order valence-corrected chi connectivity index (χ3v) is 3.60. The van der Waals surface area contributed by atoms with Crippen LogP contribution in [0.15, 0.2) is 0 Å². The lowest BCUT2D eigenvalue weighted by molar-refractivity contribution is 0.156. The normalized spacial score (nSPS) is 25.3. The van der Waals surface area contributed by atoms with Gasteiger partial charge in [0.1, 0.15) is 0 Å². The minimum atomic E-state index is 0.531. The van der Waals surface area contributed by atoms with Gasteiger partial charge in [0, 0.05) is 19.2 Å². The summed E-state index contributed by atoms with van der Waals surface area (Å²) in [6, 6.07) is 1.22. The van der Waals surface area contributed by atoms with E-state index in [1.54, 1.807) is 7.11 Å². The van der Waals surface area contributed by atoms with Crippen LogP contribution in [0, 0.1) is 0 Å². The average Bonchev–Trinajstić information content (AvgIpc) is 2.53. The van der Waals surface area contributed by atoms with Crippen molar-refractivity contribution in [3.05, 3.63) is 0 Å². The summed E-state index contributed by atoms with van der Waals surface area (Å²) < 4.78 is 5.24. The molecule has 16 heavy (non-hydrogen) atoms. The van der Waals surface area contributed by atoms with E-state index in [0.29, 0.717) is 12.1 Å². The lowest BCUT2D eigenvalue weighted by Gasteiger charge is -2.23. The molecule has 1 N–H and O–H groups in total. The van der Waals surface area contributed by atoms with E-state index < -0.39 is 0 Å². The molecule has 0 saturated carbocycles. The minimum absolute atomic E-state index is 0.531. The molecule has 2 atom stereocenters. The monoisotopic (exact) mass is 228 g/mol. The summed E-state index contributed by atoms with van der Waals surface area (Å²) in [5.41, 5.74) is 0. The van der Waals surface area contributed by atoms with E-state index in [0.717, 1.165) is 13.0 Å². The molecule has 1 heterocycles. The summed E-state index contributed by atoms with van der Waals surface area (Å²) in [6.45, 7) is 9.04. The van der Waals surface area contributed by atoms with Crippen LogP contribution in [0.4, 0.5) is 0 Å². The molecule has 3 nitrogen and oxygen atoms in total. The van der Waals surface area contributed by atoms with Crippen LogP contribution in [0.5, 0.6) is 0 Å². The van der Waals surface area contributed by atoms with Crippen molar-refractivity contribution in [1.82, 2.24) is 10.2 Å². The van der Waals surface area contributed by atoms with Crippen molar-refractivity contribution in [2.75, 3.05) is 33.4 Å². The van der Waals surface area contributed by atoms with Crippen molar-refractivity contribution in [1.29, 1.82) is 0 Å². The molecular formula is C13H28N2O. The molecule has 1 saturated heterocycles. The number of methoxy groups -OCH3 is 1. The molecule has 1 aliphatic rings. The van der Waals surface area contributed by atoms with Crippen LogP contribution in [-0.2, 0) is 4.74 Å². The molecule has 0 bridgehead atoms. The van der Waals surface area contributed by atoms with Crippen molar-refractivity contribution in [3.63, 3.8) is 0 Å². The van der Waals surface area contributed by atoms with Crippen LogP contribution in [0.3, 0.4) is 0 Å². The standard InChI is InChI=1S/C13H28N2O/c1-4-12(11-16-3)14-13-7-6-9-15(5-2)10-8-13/h12-14H,4-11H2,1-3H3. The van der Waals surface area contributed by atoms with Crippen molar-refractivity contribution in [2.24, 2.45) is 0 Å². The summed E-state index contributed by atoms with van der Waals surface area (Å²) in [7, 11) is 1.79. The van der Waals surface area contributed by atoms with Gasteiger partial charge in [-0.1, -0.05) is 13.8 Å². The summed E-state index contributed by atoms with van der Waals surface area (Å²) in [6.07, 6.45) is 5.08. The number of hydrogen-bond acceptors (Lipinski definition) is 3. The molecule has 1 aliphatic heterocycles. The number of hydrogen-bond donors (Lipinski definition) is 1. The maximum atomic E-state index is 5.24. The number of ether oxygens (including phenoxy) is 1. The second-order valence-corrected chi connectivity index (χ2v) is 4.79. The van der Waals surface area contributed by atoms with Gasteiger partial charge in [0.15, 0.2) is 0 Å². The fourth-order valence-electron chi connectivity index (χ4n) is 2.46. The fourth-order valence-corrected chi connectivity index (χ4v) is 2.46. The number of nitrogens with one attached hydrogen (secondary N) is 1. The maximum Gasteiger partial charge on any atom is 0.0615 e. The van der Waals surface area contributed by atoms with Crippen molar-refractivity contribution in [2.45, 2.75) is 51.6 Å². The predicted molar refractivity (Wildman–Crippen MR) is 68.8 cm³/mol. The molecule has 0 radical (unpaired) electrons. The molecule has 0 aromatic carbocycles. The van der Waals surface area contributed by atoms with E-state index in [9.17, 15) is 0 Å². The Labute approximate surface area is 101 Å². The predicted octanol–water partition coefficient (Wildman–Crippen LogP) is 1.88. The highest BCUT2D eigenvalue weighted by Gasteiger charge is 2.18. The zero-order valence-corrected chi connectivity index (χ0v) is 11.2. The third-order valence-electron chi connectivity index (χ3n) is 3.60. The zero-order valence-electron chi connectivity index (χ0n) is 11.2. The summed E-state index contributed by atoms with van der Waals surface area (Å²) in [5.74, 6) is 0. The second-order valence-electron chi connectivity index (χ2n) is 4.79. The quantitative estimate of drug-likeness (QED) is 0.751. The molecule has 0 aromatic rings. The van der Waals surface area contributed by atoms with Crippen molar-refractivity contribution >= 4 is 0 Å². The van der Waals surface area contributed by atoms with Gasteiger partial charge in [-0.2, -0.15) is 0 Å². The van der Waals surface area contributed by atoms with Crippen molar-refractivity contribution < 1.29 is 4.74 Å². The van der Waals surface area contributed by atoms with Gasteiger partial charge in [-0.15, -0.1) is 0 Å². The van der Waals surface area contributed by atoms with E-state index in [1.807, 2.05) is 0 Å². The molecule has 1 rings (SSSR count). The summed E-state index contributed by atoms with van der Waals surface area (Å²) in [4.78, 5) is 2.55. The first-order valence-corrected chi connectivity index (χ1v) is 6.77. The Morgan fingerprint density at radius 2 is 2.12 bits per heavy atom. The Morgan fingerprint density at radius 1 is 1.31 bits per heavy atom. The molecule has 0 aliphatic carbocycles. The van der Waals surface area contributed by atoms with Crippen molar-refractivity contribution in [3.8, 4) is 0 Å². The number of rotatable bonds is 6. The van der Waals surface area contributed by atoms with Gasteiger partial charge in [-0.05, 0) is 45.3 Å². The topological polar surface area (TPSA) is 24.5 Å². The maximum absolute atomic E-state index is 5.24. The molecule has 0 amide bonds. The molecule has 1 fully saturated rings. The van der Waals surface area contributed by atoms with Crippen LogP contribution in [0.25, 0.3) is 0 Å². The van der Waals surface area contributed by atoms with E-state index >= 15 is 0 Å². The summed E-state index contributed by atoms with van der Waals surface area (Å²) >= 11 is 0. The molecule has 96 valence electrons. The van der Waals surface area contributed by atoms with Crippen LogP contribution in [0.1, 0.15) is 39.5 Å². The third kappa shape index (κ3) is 4.81. The van der Waals surface area contributed by atoms with Crippen LogP contribution < -0.4 is 5.32 Å². The Hall–Kier alpha value is -0.120. The first-order valence-electron chi connectivity index (χ1n) is 6.77. The van der Waals surface area contributed by atoms with Crippen LogP contribution in [0.2, 0.25) is 0 Å². The Bertz CT molecular complexity index is 175. The van der Waals surface area contributed by atoms with Gasteiger partial charge in [0.2, 0.25) is 0 Å². The smallest absolute Gasteiger partial charge is 0.0615 e. The molecule has 3 heteroatoms. The second kappa shape index (κ2) is 8.04. The highest BCUT2D eigenvalue weighted by atomic mass is 16.5. The van der Waals surface area contributed by atoms with Gasteiger partial charge in [0.05, 0.1) is 6.61 Å². The van der Waals surface area contributed by atoms with Gasteiger partial charge in [-0.25, -0.2) is 0 Å². The Kier molecular flexibility index (Phi) is 7.01. The number of likely N-dealkylation sites (tertiary alicyclic amines) is 1. The largest absolute Gasteiger partial charge is 0.383 e. The van der Waals surface area contributed by atoms with E-state index in [1.165, 1.54) is 38.9 Å². The van der Waals surface area contributed by atoms with Gasteiger partial charge >= 0.3 is 0 Å². The molecular weight excluding hydrogens is 200 g/mol. The highest BCUT2D eigenvalue weighted by molar-refractivity contribution is 4.78. The first kappa shape index (κ1) is 13.9. The summed E-state index contributed by atoms with van der Waals surface area (Å²) in [5, 5.41) is 3.74. The Balaban J connectivity index is 2.30. The lowest BCUT2D eigenvalue weighted by Crippen LogP contribution is -2.41. The fraction of sp³-hybridized carbons (Fsp3) is 1.00. The van der Waals surface area contributed by atoms with Crippen LogP contribution >= 0.6 is 0 Å². The van der Waals surface area contributed by atoms with Gasteiger partial charge in [0.25, 0.3) is 0 Å². The SMILES string of the molecule is CCC(COC)NC1CCCN(CC)CC1. The first-order chi connectivity index (χ1) is 7.80. The molecule has 0 spiro atoms. The van der Waals surface area contributed by atoms with E-state index in [2.05, 4.69) is 24.1 Å². The molecule has 2 unspecified atom stereocenters. The minimum Gasteiger partial charge on any atom is -0.383 e. The molecule has 0 aromatic heterocycles. The van der Waals surface area contributed by atoms with E-state index in [-0.39, 0.29) is 0 Å².